The molecule has 2 heterocycles. The van der Waals surface area contributed by atoms with Crippen molar-refractivity contribution in [2.75, 3.05) is 52.4 Å². The van der Waals surface area contributed by atoms with Crippen molar-refractivity contribution in [3.8, 4) is 0 Å². The van der Waals surface area contributed by atoms with Crippen molar-refractivity contribution in [3.05, 3.63) is 35.6 Å². The first kappa shape index (κ1) is 23.2. The smallest absolute Gasteiger partial charge is 0.256 e. The fourth-order valence-corrected chi connectivity index (χ4v) is 5.58. The zero-order chi connectivity index (χ0) is 22.3. The molecule has 0 unspecified atom stereocenters. The van der Waals surface area contributed by atoms with Crippen LogP contribution >= 0.6 is 0 Å². The highest BCUT2D eigenvalue weighted by molar-refractivity contribution is 5.94. The molecular weight excluding hydrogens is 407 g/mol. The van der Waals surface area contributed by atoms with Crippen molar-refractivity contribution in [1.29, 1.82) is 0 Å². The van der Waals surface area contributed by atoms with E-state index in [-0.39, 0.29) is 23.4 Å². The van der Waals surface area contributed by atoms with E-state index in [0.29, 0.717) is 38.6 Å². The van der Waals surface area contributed by atoms with Crippen LogP contribution in [0, 0.1) is 11.7 Å². The summed E-state index contributed by atoms with van der Waals surface area (Å²) < 4.78 is 14.0. The minimum Gasteiger partial charge on any atom is -0.353 e. The lowest BCUT2D eigenvalue weighted by molar-refractivity contribution is -0.129. The van der Waals surface area contributed by atoms with Gasteiger partial charge in [-0.1, -0.05) is 31.4 Å². The first-order valence-corrected chi connectivity index (χ1v) is 12.4. The van der Waals surface area contributed by atoms with E-state index < -0.39 is 5.82 Å². The zero-order valence-corrected chi connectivity index (χ0v) is 19.1. The van der Waals surface area contributed by atoms with Crippen molar-refractivity contribution in [1.82, 2.24) is 20.0 Å². The number of piperidine rings is 1. The van der Waals surface area contributed by atoms with Crippen molar-refractivity contribution < 1.29 is 14.0 Å². The van der Waals surface area contributed by atoms with Gasteiger partial charge in [0, 0.05) is 39.3 Å². The molecule has 0 radical (unpaired) electrons. The van der Waals surface area contributed by atoms with Gasteiger partial charge in [0.25, 0.3) is 5.91 Å². The van der Waals surface area contributed by atoms with Gasteiger partial charge in [0.2, 0.25) is 5.91 Å². The molecule has 3 aliphatic rings. The summed E-state index contributed by atoms with van der Waals surface area (Å²) in [5.74, 6) is -0.204. The maximum atomic E-state index is 14.0. The lowest BCUT2D eigenvalue weighted by Crippen LogP contribution is -2.58. The Morgan fingerprint density at radius 3 is 2.31 bits per heavy atom. The summed E-state index contributed by atoms with van der Waals surface area (Å²) in [5, 5.41) is 3.22. The van der Waals surface area contributed by atoms with Crippen LogP contribution in [-0.2, 0) is 4.79 Å². The topological polar surface area (TPSA) is 55.9 Å². The Kier molecular flexibility index (Phi) is 8.14. The Balaban J connectivity index is 1.32. The molecular formula is C25H37FN4O2. The summed E-state index contributed by atoms with van der Waals surface area (Å²) in [6.45, 7) is 6.26. The van der Waals surface area contributed by atoms with E-state index in [0.717, 1.165) is 32.5 Å². The number of benzene rings is 1. The lowest BCUT2D eigenvalue weighted by atomic mass is 9.95. The molecule has 176 valence electrons. The highest BCUT2D eigenvalue weighted by Crippen LogP contribution is 2.31. The summed E-state index contributed by atoms with van der Waals surface area (Å²) in [6.07, 6.45) is 8.40. The van der Waals surface area contributed by atoms with Crippen molar-refractivity contribution in [2.24, 2.45) is 5.92 Å². The molecule has 1 aromatic carbocycles. The summed E-state index contributed by atoms with van der Waals surface area (Å²) in [6, 6.07) is 6.04. The molecule has 1 aromatic rings. The molecule has 6 nitrogen and oxygen atoms in total. The van der Waals surface area contributed by atoms with E-state index in [4.69, 9.17) is 0 Å². The molecule has 2 amide bonds. The van der Waals surface area contributed by atoms with Gasteiger partial charge in [-0.25, -0.2) is 4.39 Å². The molecule has 7 heteroatoms. The maximum Gasteiger partial charge on any atom is 0.256 e. The van der Waals surface area contributed by atoms with E-state index in [1.807, 2.05) is 0 Å². The summed E-state index contributed by atoms with van der Waals surface area (Å²) in [7, 11) is 0. The van der Waals surface area contributed by atoms with Crippen LogP contribution in [0.2, 0.25) is 0 Å². The fraction of sp³-hybridized carbons (Fsp3) is 0.680. The molecule has 0 bridgehead atoms. The third-order valence-electron chi connectivity index (χ3n) is 7.39. The highest BCUT2D eigenvalue weighted by atomic mass is 19.1. The second-order valence-corrected chi connectivity index (χ2v) is 9.49. The third-order valence-corrected chi connectivity index (χ3v) is 7.39. The van der Waals surface area contributed by atoms with Gasteiger partial charge in [0.05, 0.1) is 11.6 Å². The van der Waals surface area contributed by atoms with Gasteiger partial charge in [-0.05, 0) is 56.8 Å². The molecule has 2 aliphatic heterocycles. The van der Waals surface area contributed by atoms with Gasteiger partial charge in [0.15, 0.2) is 0 Å². The van der Waals surface area contributed by atoms with E-state index >= 15 is 0 Å². The number of carbonyl (C=O) groups is 2. The quantitative estimate of drug-likeness (QED) is 0.703. The summed E-state index contributed by atoms with van der Waals surface area (Å²) >= 11 is 0. The number of amides is 2. The number of rotatable bonds is 7. The van der Waals surface area contributed by atoms with Gasteiger partial charge in [-0.3, -0.25) is 14.5 Å². The van der Waals surface area contributed by atoms with E-state index in [1.54, 1.807) is 23.1 Å². The Morgan fingerprint density at radius 1 is 0.938 bits per heavy atom. The number of piperazine rings is 1. The second-order valence-electron chi connectivity index (χ2n) is 9.49. The largest absolute Gasteiger partial charge is 0.353 e. The van der Waals surface area contributed by atoms with Crippen molar-refractivity contribution >= 4 is 11.8 Å². The first-order chi connectivity index (χ1) is 15.6. The fourth-order valence-electron chi connectivity index (χ4n) is 5.58. The number of nitrogens with zero attached hydrogens (tertiary/aromatic N) is 3. The Bertz CT molecular complexity index is 769. The number of likely N-dealkylation sites (tertiary alicyclic amines) is 1. The standard InChI is InChI=1S/C25H37FN4O2/c26-22-11-5-4-10-21(22)25(32)30-18-16-29(17-19-30)23(20-8-2-3-9-20)24(31)27-12-15-28-13-6-1-7-14-28/h4-5,10-11,20,23H,1-3,6-9,12-19H2,(H,27,31)/t23-/m0/s1. The predicted molar refractivity (Wildman–Crippen MR) is 123 cm³/mol. The summed E-state index contributed by atoms with van der Waals surface area (Å²) in [5.41, 5.74) is 0.128. The van der Waals surface area contributed by atoms with Gasteiger partial charge in [0.1, 0.15) is 5.82 Å². The monoisotopic (exact) mass is 444 g/mol. The lowest BCUT2D eigenvalue weighted by Gasteiger charge is -2.41. The Hall–Kier alpha value is -1.99. The minimum atomic E-state index is -0.475. The van der Waals surface area contributed by atoms with Crippen LogP contribution in [0.25, 0.3) is 0 Å². The third kappa shape index (κ3) is 5.67. The number of hydrogen-bond donors (Lipinski definition) is 1. The first-order valence-electron chi connectivity index (χ1n) is 12.4. The molecule has 0 spiro atoms. The van der Waals surface area contributed by atoms with Crippen LogP contribution in [0.1, 0.15) is 55.3 Å². The summed E-state index contributed by atoms with van der Waals surface area (Å²) in [4.78, 5) is 32.4. The zero-order valence-electron chi connectivity index (χ0n) is 19.1. The van der Waals surface area contributed by atoms with Gasteiger partial charge < -0.3 is 15.1 Å². The molecule has 4 rings (SSSR count). The van der Waals surface area contributed by atoms with Crippen LogP contribution < -0.4 is 5.32 Å². The molecule has 1 atom stereocenters. The van der Waals surface area contributed by atoms with Gasteiger partial charge in [-0.15, -0.1) is 0 Å². The van der Waals surface area contributed by atoms with Gasteiger partial charge >= 0.3 is 0 Å². The van der Waals surface area contributed by atoms with Crippen molar-refractivity contribution in [2.45, 2.75) is 51.0 Å². The van der Waals surface area contributed by atoms with Crippen LogP contribution in [-0.4, -0.2) is 84.9 Å². The average Bonchev–Trinajstić information content (AvgIpc) is 3.35. The minimum absolute atomic E-state index is 0.121. The molecule has 2 saturated heterocycles. The molecule has 1 N–H and O–H groups in total. The van der Waals surface area contributed by atoms with E-state index in [1.165, 1.54) is 38.2 Å². The Morgan fingerprint density at radius 2 is 1.62 bits per heavy atom. The molecule has 1 saturated carbocycles. The SMILES string of the molecule is O=C(NCCN1CCCCC1)[C@H](C1CCCC1)N1CCN(C(=O)c2ccccc2F)CC1. The highest BCUT2D eigenvalue weighted by Gasteiger charge is 2.37. The number of carbonyl (C=O) groups excluding carboxylic acids is 2. The average molecular weight is 445 g/mol. The maximum absolute atomic E-state index is 14.0. The number of hydrogen-bond acceptors (Lipinski definition) is 4. The Labute approximate surface area is 191 Å². The normalized spacial score (nSPS) is 22.1. The van der Waals surface area contributed by atoms with E-state index in [9.17, 15) is 14.0 Å². The van der Waals surface area contributed by atoms with Crippen LogP contribution in [0.15, 0.2) is 24.3 Å². The molecule has 32 heavy (non-hydrogen) atoms. The van der Waals surface area contributed by atoms with Gasteiger partial charge in [-0.2, -0.15) is 0 Å². The number of halogens is 1. The second kappa shape index (κ2) is 11.2. The number of nitrogens with one attached hydrogen (secondary N) is 1. The van der Waals surface area contributed by atoms with Crippen LogP contribution in [0.4, 0.5) is 4.39 Å². The van der Waals surface area contributed by atoms with E-state index in [2.05, 4.69) is 15.1 Å². The van der Waals surface area contributed by atoms with Crippen molar-refractivity contribution in [3.63, 3.8) is 0 Å². The molecule has 1 aliphatic carbocycles. The molecule has 3 fully saturated rings. The predicted octanol–water partition coefficient (Wildman–Crippen LogP) is 2.74. The molecule has 0 aromatic heterocycles. The van der Waals surface area contributed by atoms with Crippen LogP contribution in [0.3, 0.4) is 0 Å². The van der Waals surface area contributed by atoms with Crippen LogP contribution in [0.5, 0.6) is 0 Å².